The van der Waals surface area contributed by atoms with Gasteiger partial charge in [-0.15, -0.1) is 0 Å². The average Bonchev–Trinajstić information content (AvgIpc) is 3.45. The van der Waals surface area contributed by atoms with Gasteiger partial charge in [0.15, 0.2) is 5.54 Å². The van der Waals surface area contributed by atoms with Gasteiger partial charge in [0.25, 0.3) is 11.8 Å². The molecule has 0 saturated carbocycles. The van der Waals surface area contributed by atoms with Crippen LogP contribution in [0.3, 0.4) is 0 Å². The molecule has 41 heavy (non-hydrogen) atoms. The van der Waals surface area contributed by atoms with Crippen LogP contribution in [-0.2, 0) is 21.5 Å². The lowest BCUT2D eigenvalue weighted by Crippen LogP contribution is -2.51. The fourth-order valence-electron chi connectivity index (χ4n) is 5.55. The maximum absolute atomic E-state index is 14.2. The summed E-state index contributed by atoms with van der Waals surface area (Å²) in [7, 11) is 0. The molecule has 2 amide bonds. The minimum absolute atomic E-state index is 0.00980. The second-order valence-electron chi connectivity index (χ2n) is 9.88. The van der Waals surface area contributed by atoms with Gasteiger partial charge in [0, 0.05) is 27.8 Å². The molecule has 8 nitrogen and oxygen atoms in total. The number of carbonyl (C=O) groups is 2. The number of phenolic OH excluding ortho intramolecular Hbond substituents is 2. The summed E-state index contributed by atoms with van der Waals surface area (Å²) in [6, 6.07) is 25.2. The summed E-state index contributed by atoms with van der Waals surface area (Å²) in [6.45, 7) is 0.293. The molecule has 0 bridgehead atoms. The lowest BCUT2D eigenvalue weighted by atomic mass is 9.72. The Hall–Kier alpha value is -4.53. The summed E-state index contributed by atoms with van der Waals surface area (Å²) in [5, 5.41) is 33.2. The van der Waals surface area contributed by atoms with Crippen LogP contribution in [0.4, 0.5) is 11.4 Å². The van der Waals surface area contributed by atoms with Crippen LogP contribution in [0.15, 0.2) is 96.1 Å². The SMILES string of the molecule is O=C(NCCc1ccc(O)cc1)C1=NN(c2ccc(Cl)cc2)C2(C(=O)Nc3cc(Cl)ccc32)C1c1cccc(O)c1. The number of phenols is 2. The van der Waals surface area contributed by atoms with E-state index in [0.29, 0.717) is 45.5 Å². The van der Waals surface area contributed by atoms with Crippen molar-refractivity contribution in [1.82, 2.24) is 5.32 Å². The third-order valence-corrected chi connectivity index (χ3v) is 7.85. The number of aromatic hydroxyl groups is 2. The first-order chi connectivity index (χ1) is 19.8. The minimum atomic E-state index is -1.51. The lowest BCUT2D eigenvalue weighted by Gasteiger charge is -2.37. The fraction of sp³-hybridized carbons (Fsp3) is 0.129. The van der Waals surface area contributed by atoms with E-state index in [1.165, 1.54) is 12.1 Å². The van der Waals surface area contributed by atoms with Crippen molar-refractivity contribution in [3.63, 3.8) is 0 Å². The van der Waals surface area contributed by atoms with Crippen LogP contribution in [0.25, 0.3) is 0 Å². The number of anilines is 2. The number of hydrogen-bond donors (Lipinski definition) is 4. The third kappa shape index (κ3) is 4.65. The van der Waals surface area contributed by atoms with Gasteiger partial charge in [-0.2, -0.15) is 5.10 Å². The molecule has 0 aromatic heterocycles. The number of fused-ring (bicyclic) bond motifs is 2. The molecule has 4 N–H and O–H groups in total. The zero-order valence-electron chi connectivity index (χ0n) is 21.5. The molecule has 0 fully saturated rings. The van der Waals surface area contributed by atoms with Gasteiger partial charge in [0.2, 0.25) is 0 Å². The number of benzene rings is 4. The molecule has 1 spiro atoms. The van der Waals surface area contributed by atoms with Crippen LogP contribution in [-0.4, -0.2) is 34.3 Å². The van der Waals surface area contributed by atoms with Crippen molar-refractivity contribution in [2.45, 2.75) is 17.9 Å². The molecule has 6 rings (SSSR count). The van der Waals surface area contributed by atoms with Crippen molar-refractivity contribution < 1.29 is 19.8 Å². The molecular formula is C31H24Cl2N4O4. The van der Waals surface area contributed by atoms with Gasteiger partial charge in [-0.3, -0.25) is 9.59 Å². The van der Waals surface area contributed by atoms with Crippen LogP contribution in [0, 0.1) is 0 Å². The van der Waals surface area contributed by atoms with Gasteiger partial charge >= 0.3 is 0 Å². The first-order valence-electron chi connectivity index (χ1n) is 12.9. The topological polar surface area (TPSA) is 114 Å². The number of hydrazone groups is 1. The molecule has 2 atom stereocenters. The second-order valence-corrected chi connectivity index (χ2v) is 10.8. The number of carbonyl (C=O) groups excluding carboxylic acids is 2. The zero-order valence-corrected chi connectivity index (χ0v) is 23.0. The second kappa shape index (κ2) is 10.5. The summed E-state index contributed by atoms with van der Waals surface area (Å²) >= 11 is 12.5. The Kier molecular flexibility index (Phi) is 6.81. The third-order valence-electron chi connectivity index (χ3n) is 7.36. The average molecular weight is 587 g/mol. The molecule has 2 unspecified atom stereocenters. The summed E-state index contributed by atoms with van der Waals surface area (Å²) in [6.07, 6.45) is 0.518. The molecule has 206 valence electrons. The monoisotopic (exact) mass is 586 g/mol. The van der Waals surface area contributed by atoms with Crippen LogP contribution in [0.1, 0.15) is 22.6 Å². The Labute approximate surface area is 245 Å². The smallest absolute Gasteiger partial charge is 0.268 e. The Morgan fingerprint density at radius 3 is 2.39 bits per heavy atom. The summed E-state index contributed by atoms with van der Waals surface area (Å²) in [4.78, 5) is 28.0. The zero-order chi connectivity index (χ0) is 28.7. The van der Waals surface area contributed by atoms with Gasteiger partial charge in [-0.1, -0.05) is 53.5 Å². The molecule has 2 aliphatic rings. The molecule has 2 aliphatic heterocycles. The molecule has 2 heterocycles. The number of nitrogens with zero attached hydrogens (tertiary/aromatic N) is 2. The first kappa shape index (κ1) is 26.7. The predicted octanol–water partition coefficient (Wildman–Crippen LogP) is 5.57. The van der Waals surface area contributed by atoms with Crippen molar-refractivity contribution in [3.8, 4) is 11.5 Å². The molecule has 0 radical (unpaired) electrons. The quantitative estimate of drug-likeness (QED) is 0.236. The van der Waals surface area contributed by atoms with Crippen LogP contribution in [0.5, 0.6) is 11.5 Å². The van der Waals surface area contributed by atoms with Gasteiger partial charge < -0.3 is 20.8 Å². The van der Waals surface area contributed by atoms with Gasteiger partial charge in [0.1, 0.15) is 17.2 Å². The van der Waals surface area contributed by atoms with E-state index >= 15 is 0 Å². The molecule has 0 aliphatic carbocycles. The molecule has 4 aromatic carbocycles. The largest absolute Gasteiger partial charge is 0.508 e. The van der Waals surface area contributed by atoms with Gasteiger partial charge in [-0.25, -0.2) is 5.01 Å². The Morgan fingerprint density at radius 1 is 0.927 bits per heavy atom. The Morgan fingerprint density at radius 2 is 1.66 bits per heavy atom. The maximum Gasteiger partial charge on any atom is 0.268 e. The van der Waals surface area contributed by atoms with E-state index in [9.17, 15) is 19.8 Å². The van der Waals surface area contributed by atoms with Crippen LogP contribution >= 0.6 is 23.2 Å². The van der Waals surface area contributed by atoms with Crippen molar-refractivity contribution in [2.24, 2.45) is 5.10 Å². The van der Waals surface area contributed by atoms with Crippen molar-refractivity contribution in [3.05, 3.63) is 118 Å². The number of hydrogen-bond acceptors (Lipinski definition) is 6. The van der Waals surface area contributed by atoms with Crippen molar-refractivity contribution in [2.75, 3.05) is 16.9 Å². The highest BCUT2D eigenvalue weighted by Gasteiger charge is 2.63. The normalized spacial score (nSPS) is 19.2. The number of halogens is 2. The minimum Gasteiger partial charge on any atom is -0.508 e. The molecule has 10 heteroatoms. The predicted molar refractivity (Wildman–Crippen MR) is 159 cm³/mol. The number of rotatable bonds is 6. The van der Waals surface area contributed by atoms with Crippen molar-refractivity contribution >= 4 is 52.1 Å². The summed E-state index contributed by atoms with van der Waals surface area (Å²) < 4.78 is 0. The Balaban J connectivity index is 1.48. The molecule has 4 aromatic rings. The highest BCUT2D eigenvalue weighted by atomic mass is 35.5. The lowest BCUT2D eigenvalue weighted by molar-refractivity contribution is -0.120. The molecule has 0 saturated heterocycles. The van der Waals surface area contributed by atoms with Gasteiger partial charge in [0.05, 0.1) is 11.6 Å². The Bertz CT molecular complexity index is 1690. The van der Waals surface area contributed by atoms with Gasteiger partial charge in [-0.05, 0) is 78.2 Å². The van der Waals surface area contributed by atoms with Crippen LogP contribution < -0.4 is 15.6 Å². The number of amides is 2. The van der Waals surface area contributed by atoms with E-state index in [1.807, 2.05) is 0 Å². The first-order valence-corrected chi connectivity index (χ1v) is 13.6. The molecular weight excluding hydrogens is 563 g/mol. The summed E-state index contributed by atoms with van der Waals surface area (Å²) in [5.41, 5.74) is 1.71. The number of nitrogens with one attached hydrogen (secondary N) is 2. The highest BCUT2D eigenvalue weighted by Crippen LogP contribution is 2.55. The van der Waals surface area contributed by atoms with E-state index in [1.54, 1.807) is 83.9 Å². The van der Waals surface area contributed by atoms with E-state index in [-0.39, 0.29) is 17.2 Å². The van der Waals surface area contributed by atoms with E-state index in [4.69, 9.17) is 28.3 Å². The fourth-order valence-corrected chi connectivity index (χ4v) is 5.85. The van der Waals surface area contributed by atoms with Crippen LogP contribution in [0.2, 0.25) is 10.0 Å². The van der Waals surface area contributed by atoms with E-state index < -0.39 is 23.3 Å². The highest BCUT2D eigenvalue weighted by molar-refractivity contribution is 6.43. The van der Waals surface area contributed by atoms with E-state index in [2.05, 4.69) is 10.6 Å². The summed E-state index contributed by atoms with van der Waals surface area (Å²) in [5.74, 6) is -1.60. The van der Waals surface area contributed by atoms with E-state index in [0.717, 1.165) is 5.56 Å². The maximum atomic E-state index is 14.2. The standard InChI is InChI=1S/C31H24Cl2N4O4/c32-20-6-9-22(10-7-20)37-31(25-13-8-21(33)17-26(25)35-30(31)41)27(19-2-1-3-24(39)16-19)28(36-37)29(40)34-15-14-18-4-11-23(38)12-5-18/h1-13,16-17,27,38-39H,14-15H2,(H,34,40)(H,35,41). The van der Waals surface area contributed by atoms with Crippen molar-refractivity contribution in [1.29, 1.82) is 0 Å².